The topological polar surface area (TPSA) is 62.5 Å². The molecule has 3 rings (SSSR count). The molecule has 0 unspecified atom stereocenters. The Morgan fingerprint density at radius 2 is 2.13 bits per heavy atom. The van der Waals surface area contributed by atoms with Gasteiger partial charge in [0.05, 0.1) is 12.6 Å². The summed E-state index contributed by atoms with van der Waals surface area (Å²) in [5, 5.41) is 4.05. The number of aromatic nitrogens is 2. The molecule has 2 heterocycles. The molecule has 0 bridgehead atoms. The number of carbonyl (C=O) groups is 1. The van der Waals surface area contributed by atoms with Crippen molar-refractivity contribution >= 4 is 5.91 Å². The highest BCUT2D eigenvalue weighted by molar-refractivity contribution is 5.81. The van der Waals surface area contributed by atoms with Crippen LogP contribution in [0, 0.1) is 0 Å². The molecule has 0 spiro atoms. The van der Waals surface area contributed by atoms with E-state index in [-0.39, 0.29) is 11.9 Å². The first-order valence-electron chi connectivity index (χ1n) is 7.94. The van der Waals surface area contributed by atoms with Crippen LogP contribution in [-0.2, 0) is 17.8 Å². The number of carbonyl (C=O) groups excluding carboxylic acids is 1. The fourth-order valence-corrected chi connectivity index (χ4v) is 2.97. The molecular formula is C17H22N4O2. The van der Waals surface area contributed by atoms with Crippen molar-refractivity contribution in [1.29, 1.82) is 0 Å². The molecule has 0 saturated carbocycles. The Balaban J connectivity index is 1.63. The third-order valence-corrected chi connectivity index (χ3v) is 4.14. The van der Waals surface area contributed by atoms with Crippen molar-refractivity contribution in [1.82, 2.24) is 19.9 Å². The molecule has 2 aromatic rings. The Morgan fingerprint density at radius 1 is 1.35 bits per heavy atom. The number of rotatable bonds is 5. The predicted molar refractivity (Wildman–Crippen MR) is 85.7 cm³/mol. The van der Waals surface area contributed by atoms with Crippen molar-refractivity contribution in [2.24, 2.45) is 0 Å². The van der Waals surface area contributed by atoms with E-state index in [1.54, 1.807) is 19.0 Å². The van der Waals surface area contributed by atoms with Crippen LogP contribution >= 0.6 is 0 Å². The SMILES string of the molecule is CN(C)C(=O)[C@@H]1CCCN1Cc1nc(Cc2ccccc2)no1. The number of likely N-dealkylation sites (N-methyl/N-ethyl adjacent to an activating group) is 1. The molecule has 6 heteroatoms. The summed E-state index contributed by atoms with van der Waals surface area (Å²) in [5.41, 5.74) is 1.15. The highest BCUT2D eigenvalue weighted by atomic mass is 16.5. The monoisotopic (exact) mass is 314 g/mol. The highest BCUT2D eigenvalue weighted by Gasteiger charge is 2.32. The van der Waals surface area contributed by atoms with E-state index in [0.29, 0.717) is 24.7 Å². The number of hydrogen-bond donors (Lipinski definition) is 0. The van der Waals surface area contributed by atoms with E-state index in [2.05, 4.69) is 15.0 Å². The minimum atomic E-state index is -0.0746. The Kier molecular flexibility index (Phi) is 4.71. The molecule has 1 aromatic heterocycles. The summed E-state index contributed by atoms with van der Waals surface area (Å²) in [5.74, 6) is 1.40. The van der Waals surface area contributed by atoms with E-state index < -0.39 is 0 Å². The lowest BCUT2D eigenvalue weighted by molar-refractivity contribution is -0.133. The van der Waals surface area contributed by atoms with Gasteiger partial charge in [-0.2, -0.15) is 4.98 Å². The van der Waals surface area contributed by atoms with Crippen LogP contribution in [0.5, 0.6) is 0 Å². The van der Waals surface area contributed by atoms with E-state index in [0.717, 1.165) is 24.9 Å². The maximum atomic E-state index is 12.2. The van der Waals surface area contributed by atoms with Crippen LogP contribution in [0.25, 0.3) is 0 Å². The van der Waals surface area contributed by atoms with E-state index >= 15 is 0 Å². The summed E-state index contributed by atoms with van der Waals surface area (Å²) in [6.07, 6.45) is 2.57. The summed E-state index contributed by atoms with van der Waals surface area (Å²) < 4.78 is 5.36. The smallest absolute Gasteiger partial charge is 0.240 e. The first-order valence-corrected chi connectivity index (χ1v) is 7.94. The van der Waals surface area contributed by atoms with Gasteiger partial charge in [-0.15, -0.1) is 0 Å². The molecule has 1 aliphatic heterocycles. The van der Waals surface area contributed by atoms with Gasteiger partial charge in [0, 0.05) is 20.5 Å². The third-order valence-electron chi connectivity index (χ3n) is 4.14. The van der Waals surface area contributed by atoms with Gasteiger partial charge >= 0.3 is 0 Å². The third kappa shape index (κ3) is 3.76. The van der Waals surface area contributed by atoms with Gasteiger partial charge in [-0.1, -0.05) is 35.5 Å². The minimum Gasteiger partial charge on any atom is -0.347 e. The lowest BCUT2D eigenvalue weighted by Crippen LogP contribution is -2.42. The van der Waals surface area contributed by atoms with Gasteiger partial charge in [-0.25, -0.2) is 0 Å². The van der Waals surface area contributed by atoms with Crippen molar-refractivity contribution < 1.29 is 9.32 Å². The Bertz CT molecular complexity index is 654. The lowest BCUT2D eigenvalue weighted by Gasteiger charge is -2.24. The van der Waals surface area contributed by atoms with Crippen LogP contribution in [0.1, 0.15) is 30.1 Å². The van der Waals surface area contributed by atoms with Gasteiger partial charge < -0.3 is 9.42 Å². The summed E-state index contributed by atoms with van der Waals surface area (Å²) in [6.45, 7) is 1.42. The van der Waals surface area contributed by atoms with E-state index in [1.807, 2.05) is 30.3 Å². The molecule has 0 radical (unpaired) electrons. The Labute approximate surface area is 136 Å². The van der Waals surface area contributed by atoms with Gasteiger partial charge in [0.15, 0.2) is 5.82 Å². The quantitative estimate of drug-likeness (QED) is 0.841. The lowest BCUT2D eigenvalue weighted by atomic mass is 10.1. The van der Waals surface area contributed by atoms with Gasteiger partial charge in [0.25, 0.3) is 0 Å². The molecule has 1 amide bonds. The number of benzene rings is 1. The van der Waals surface area contributed by atoms with Crippen molar-refractivity contribution in [3.8, 4) is 0 Å². The second kappa shape index (κ2) is 6.91. The molecule has 1 fully saturated rings. The summed E-state index contributed by atoms with van der Waals surface area (Å²) in [4.78, 5) is 20.5. The summed E-state index contributed by atoms with van der Waals surface area (Å²) in [6, 6.07) is 10.00. The van der Waals surface area contributed by atoms with Crippen molar-refractivity contribution in [3.05, 3.63) is 47.6 Å². The van der Waals surface area contributed by atoms with Gasteiger partial charge in [-0.3, -0.25) is 9.69 Å². The van der Waals surface area contributed by atoms with E-state index in [4.69, 9.17) is 4.52 Å². The fraction of sp³-hybridized carbons (Fsp3) is 0.471. The van der Waals surface area contributed by atoms with Crippen molar-refractivity contribution in [3.63, 3.8) is 0 Å². The van der Waals surface area contributed by atoms with E-state index in [1.165, 1.54) is 0 Å². The zero-order valence-electron chi connectivity index (χ0n) is 13.6. The van der Waals surface area contributed by atoms with Crippen LogP contribution in [-0.4, -0.2) is 52.5 Å². The van der Waals surface area contributed by atoms with Gasteiger partial charge in [0.2, 0.25) is 11.8 Å². The van der Waals surface area contributed by atoms with Crippen LogP contribution < -0.4 is 0 Å². The zero-order valence-corrected chi connectivity index (χ0v) is 13.6. The fourth-order valence-electron chi connectivity index (χ4n) is 2.97. The Hall–Kier alpha value is -2.21. The van der Waals surface area contributed by atoms with Crippen LogP contribution in [0.4, 0.5) is 0 Å². The molecule has 1 aromatic carbocycles. The van der Waals surface area contributed by atoms with E-state index in [9.17, 15) is 4.79 Å². The predicted octanol–water partition coefficient (Wildman–Crippen LogP) is 1.71. The molecule has 23 heavy (non-hydrogen) atoms. The number of amides is 1. The maximum Gasteiger partial charge on any atom is 0.240 e. The molecule has 122 valence electrons. The van der Waals surface area contributed by atoms with Crippen LogP contribution in [0.3, 0.4) is 0 Å². The standard InChI is InChI=1S/C17H22N4O2/c1-20(2)17(22)14-9-6-10-21(14)12-16-18-15(19-23-16)11-13-7-4-3-5-8-13/h3-5,7-8,14H,6,9-12H2,1-2H3/t14-/m0/s1. The maximum absolute atomic E-state index is 12.2. The van der Waals surface area contributed by atoms with Gasteiger partial charge in [-0.05, 0) is 24.9 Å². The summed E-state index contributed by atoms with van der Waals surface area (Å²) >= 11 is 0. The molecular weight excluding hydrogens is 292 g/mol. The molecule has 1 saturated heterocycles. The average molecular weight is 314 g/mol. The summed E-state index contributed by atoms with van der Waals surface area (Å²) in [7, 11) is 3.59. The minimum absolute atomic E-state index is 0.0746. The van der Waals surface area contributed by atoms with Crippen LogP contribution in [0.15, 0.2) is 34.9 Å². The molecule has 1 atom stereocenters. The number of hydrogen-bond acceptors (Lipinski definition) is 5. The average Bonchev–Trinajstić information content (AvgIpc) is 3.17. The Morgan fingerprint density at radius 3 is 2.87 bits per heavy atom. The number of nitrogens with zero attached hydrogens (tertiary/aromatic N) is 4. The highest BCUT2D eigenvalue weighted by Crippen LogP contribution is 2.21. The van der Waals surface area contributed by atoms with Crippen molar-refractivity contribution in [2.75, 3.05) is 20.6 Å². The van der Waals surface area contributed by atoms with Gasteiger partial charge in [0.1, 0.15) is 0 Å². The molecule has 0 aliphatic carbocycles. The van der Waals surface area contributed by atoms with Crippen LogP contribution in [0.2, 0.25) is 0 Å². The first-order chi connectivity index (χ1) is 11.1. The second-order valence-electron chi connectivity index (χ2n) is 6.13. The number of likely N-dealkylation sites (tertiary alicyclic amines) is 1. The molecule has 1 aliphatic rings. The van der Waals surface area contributed by atoms with Crippen molar-refractivity contribution in [2.45, 2.75) is 31.8 Å². The second-order valence-corrected chi connectivity index (χ2v) is 6.13. The normalized spacial score (nSPS) is 18.3. The zero-order chi connectivity index (χ0) is 16.2. The first kappa shape index (κ1) is 15.7. The molecule has 0 N–H and O–H groups in total. The largest absolute Gasteiger partial charge is 0.347 e. The molecule has 6 nitrogen and oxygen atoms in total.